The summed E-state index contributed by atoms with van der Waals surface area (Å²) in [6.45, 7) is 3.44. The van der Waals surface area contributed by atoms with Gasteiger partial charge in [-0.1, -0.05) is 18.2 Å². The Morgan fingerprint density at radius 1 is 0.879 bits per heavy atom. The Morgan fingerprint density at radius 2 is 1.62 bits per heavy atom. The number of aryl methyl sites for hydroxylation is 1. The average molecular weight is 805 g/mol. The highest BCUT2D eigenvalue weighted by molar-refractivity contribution is 7.90. The van der Waals surface area contributed by atoms with Crippen LogP contribution in [-0.4, -0.2) is 93.8 Å². The maximum Gasteiger partial charge on any atom is 0.329 e. The quantitative estimate of drug-likeness (QED) is 0.120. The Hall–Kier alpha value is -6.49. The lowest BCUT2D eigenvalue weighted by Crippen LogP contribution is -2.48. The highest BCUT2D eigenvalue weighted by Crippen LogP contribution is 2.27. The van der Waals surface area contributed by atoms with Gasteiger partial charge in [0.1, 0.15) is 6.04 Å². The number of rotatable bonds is 12. The molecule has 0 bridgehead atoms. The molecule has 2 aliphatic rings. The molecule has 300 valence electrons. The zero-order chi connectivity index (χ0) is 40.6. The minimum atomic E-state index is -3.30. The van der Waals surface area contributed by atoms with E-state index < -0.39 is 21.8 Å². The molecule has 3 aromatic heterocycles. The highest BCUT2D eigenvalue weighted by Gasteiger charge is 2.31. The van der Waals surface area contributed by atoms with Gasteiger partial charge in [0.15, 0.2) is 15.5 Å². The van der Waals surface area contributed by atoms with E-state index in [1.165, 1.54) is 15.4 Å². The van der Waals surface area contributed by atoms with Gasteiger partial charge < -0.3 is 20.4 Å². The van der Waals surface area contributed by atoms with Crippen LogP contribution in [0.5, 0.6) is 0 Å². The second kappa shape index (κ2) is 15.8. The van der Waals surface area contributed by atoms with E-state index in [4.69, 9.17) is 0 Å². The van der Waals surface area contributed by atoms with Gasteiger partial charge in [-0.25, -0.2) is 17.7 Å². The number of nitrogens with one attached hydrogen (secondary N) is 3. The molecule has 6 aromatic rings. The van der Waals surface area contributed by atoms with Crippen LogP contribution in [-0.2, 0) is 31.3 Å². The Morgan fingerprint density at radius 3 is 2.34 bits per heavy atom. The van der Waals surface area contributed by atoms with Crippen LogP contribution in [0, 0.1) is 0 Å². The Kier molecular flexibility index (Phi) is 10.5. The summed E-state index contributed by atoms with van der Waals surface area (Å²) < 4.78 is 28.5. The highest BCUT2D eigenvalue weighted by atomic mass is 32.2. The first-order chi connectivity index (χ1) is 27.9. The van der Waals surface area contributed by atoms with E-state index in [1.54, 1.807) is 35.8 Å². The largest absolute Gasteiger partial charge is 0.385 e. The minimum Gasteiger partial charge on any atom is -0.385 e. The fraction of sp³-hybridized carbons (Fsp3) is 0.317. The van der Waals surface area contributed by atoms with Crippen molar-refractivity contribution in [1.82, 2.24) is 33.9 Å². The number of piperidine rings is 1. The number of piperazine rings is 1. The lowest BCUT2D eigenvalue weighted by atomic mass is 10.1. The number of fused-ring (bicyclic) bond motifs is 2. The maximum absolute atomic E-state index is 13.1. The van der Waals surface area contributed by atoms with Crippen LogP contribution in [0.3, 0.4) is 0 Å². The standard InChI is InChI=1S/C41H44N10O6S/c1-47-35-26-29(13-18-33(35)50(41(47)55)34-19-20-37(52)45-39(34)54)42-21-4-3-8-38(53)49-24-22-48(23-25-49)30-14-11-28(12-15-30)43-40-44-36-7-5-6-32(51(36)46-40)27-9-16-31(17-10-27)58(2,56)57/h5-7,9-18,26,34,42H,3-4,8,19-25H2,1-2H3,(H,43,46)(H,45,52,54). The van der Waals surface area contributed by atoms with Crippen molar-refractivity contribution >= 4 is 67.2 Å². The van der Waals surface area contributed by atoms with Gasteiger partial charge in [-0.3, -0.25) is 28.8 Å². The van der Waals surface area contributed by atoms with Crippen LogP contribution in [0.4, 0.5) is 23.0 Å². The monoisotopic (exact) mass is 804 g/mol. The molecule has 0 radical (unpaired) electrons. The van der Waals surface area contributed by atoms with Crippen molar-refractivity contribution in [3.8, 4) is 11.3 Å². The molecule has 16 nitrogen and oxygen atoms in total. The van der Waals surface area contributed by atoms with Crippen molar-refractivity contribution in [3.05, 3.63) is 95.4 Å². The van der Waals surface area contributed by atoms with Gasteiger partial charge in [0, 0.05) is 81.5 Å². The van der Waals surface area contributed by atoms with Gasteiger partial charge in [-0.2, -0.15) is 4.98 Å². The zero-order valence-electron chi connectivity index (χ0n) is 32.2. The molecule has 0 aliphatic carbocycles. The number of nitrogens with zero attached hydrogens (tertiary/aromatic N) is 7. The van der Waals surface area contributed by atoms with Crippen LogP contribution >= 0.6 is 0 Å². The average Bonchev–Trinajstić information content (AvgIpc) is 3.74. The molecule has 3 N–H and O–H groups in total. The molecule has 3 aromatic carbocycles. The van der Waals surface area contributed by atoms with Crippen molar-refractivity contribution in [2.45, 2.75) is 43.0 Å². The van der Waals surface area contributed by atoms with Gasteiger partial charge in [0.05, 0.1) is 21.6 Å². The molecule has 17 heteroatoms. The van der Waals surface area contributed by atoms with E-state index in [0.29, 0.717) is 48.7 Å². The predicted molar refractivity (Wildman–Crippen MR) is 221 cm³/mol. The van der Waals surface area contributed by atoms with Crippen molar-refractivity contribution < 1.29 is 22.8 Å². The number of carbonyl (C=O) groups is 3. The van der Waals surface area contributed by atoms with Gasteiger partial charge in [-0.05, 0) is 86.0 Å². The first-order valence-corrected chi connectivity index (χ1v) is 21.2. The van der Waals surface area contributed by atoms with Gasteiger partial charge in [0.2, 0.25) is 23.7 Å². The van der Waals surface area contributed by atoms with Crippen molar-refractivity contribution in [2.75, 3.05) is 54.5 Å². The van der Waals surface area contributed by atoms with Crippen LogP contribution in [0.2, 0.25) is 0 Å². The van der Waals surface area contributed by atoms with Crippen LogP contribution in [0.15, 0.2) is 94.6 Å². The fourth-order valence-electron chi connectivity index (χ4n) is 7.64. The molecule has 1 atom stereocenters. The number of carbonyl (C=O) groups excluding carboxylic acids is 3. The molecule has 8 rings (SSSR count). The summed E-state index contributed by atoms with van der Waals surface area (Å²) in [5.41, 5.74) is 6.02. The molecule has 5 heterocycles. The third-order valence-corrected chi connectivity index (χ3v) is 11.9. The number of hydrogen-bond acceptors (Lipinski definition) is 11. The van der Waals surface area contributed by atoms with Crippen molar-refractivity contribution in [1.29, 1.82) is 0 Å². The second-order valence-electron chi connectivity index (χ2n) is 14.7. The summed E-state index contributed by atoms with van der Waals surface area (Å²) in [4.78, 5) is 59.3. The number of sulfone groups is 1. The van der Waals surface area contributed by atoms with Gasteiger partial charge in [-0.15, -0.1) is 5.10 Å². The molecular weight excluding hydrogens is 761 g/mol. The first-order valence-electron chi connectivity index (χ1n) is 19.3. The summed E-state index contributed by atoms with van der Waals surface area (Å²) in [5, 5.41) is 13.7. The topological polar surface area (TPSA) is 185 Å². The van der Waals surface area contributed by atoms with Crippen LogP contribution in [0.1, 0.15) is 38.1 Å². The number of aromatic nitrogens is 5. The Labute approximate surface area is 334 Å². The molecule has 0 spiro atoms. The summed E-state index contributed by atoms with van der Waals surface area (Å²) in [6.07, 6.45) is 3.68. The summed E-state index contributed by atoms with van der Waals surface area (Å²) in [7, 11) is -1.62. The SMILES string of the molecule is Cn1c(=O)n(C2CCC(=O)NC2=O)c2ccc(NCCCCC(=O)N3CCN(c4ccc(Nc5nc6cccc(-c7ccc(S(C)(=O)=O)cc7)n6n5)cc4)CC3)cc21. The Balaban J connectivity index is 0.789. The lowest BCUT2D eigenvalue weighted by molar-refractivity contribution is -0.136. The number of benzene rings is 3. The van der Waals surface area contributed by atoms with E-state index in [2.05, 4.69) is 30.9 Å². The van der Waals surface area contributed by atoms with Gasteiger partial charge >= 0.3 is 5.69 Å². The number of hydrogen-bond donors (Lipinski definition) is 3. The number of pyridine rings is 1. The summed E-state index contributed by atoms with van der Waals surface area (Å²) in [5.74, 6) is -0.195. The number of imide groups is 1. The number of anilines is 4. The molecule has 2 fully saturated rings. The van der Waals surface area contributed by atoms with E-state index in [-0.39, 0.29) is 35.2 Å². The summed E-state index contributed by atoms with van der Waals surface area (Å²) in [6, 6.07) is 25.3. The third kappa shape index (κ3) is 7.89. The van der Waals surface area contributed by atoms with Crippen LogP contribution < -0.4 is 26.5 Å². The predicted octanol–water partition coefficient (Wildman–Crippen LogP) is 4.11. The zero-order valence-corrected chi connectivity index (χ0v) is 33.0. The normalized spacial score (nSPS) is 16.2. The van der Waals surface area contributed by atoms with Crippen molar-refractivity contribution in [3.63, 3.8) is 0 Å². The Bertz CT molecular complexity index is 2700. The molecule has 2 saturated heterocycles. The third-order valence-electron chi connectivity index (χ3n) is 10.8. The molecule has 0 saturated carbocycles. The van der Waals surface area contributed by atoms with Crippen molar-refractivity contribution in [2.24, 2.45) is 7.05 Å². The number of imidazole rings is 1. The first kappa shape index (κ1) is 38.4. The van der Waals surface area contributed by atoms with E-state index in [9.17, 15) is 27.6 Å². The lowest BCUT2D eigenvalue weighted by Gasteiger charge is -2.36. The molecular formula is C41H44N10O6S. The molecule has 58 heavy (non-hydrogen) atoms. The maximum atomic E-state index is 13.1. The number of amides is 3. The van der Waals surface area contributed by atoms with E-state index in [0.717, 1.165) is 54.3 Å². The number of unbranched alkanes of at least 4 members (excludes halogenated alkanes) is 1. The smallest absolute Gasteiger partial charge is 0.329 e. The molecule has 2 aliphatic heterocycles. The molecule has 3 amide bonds. The van der Waals surface area contributed by atoms with Crippen LogP contribution in [0.25, 0.3) is 27.9 Å². The minimum absolute atomic E-state index is 0.152. The van der Waals surface area contributed by atoms with E-state index >= 15 is 0 Å². The summed E-state index contributed by atoms with van der Waals surface area (Å²) >= 11 is 0. The van der Waals surface area contributed by atoms with Gasteiger partial charge in [0.25, 0.3) is 0 Å². The molecule has 1 unspecified atom stereocenters. The van der Waals surface area contributed by atoms with E-state index in [1.807, 2.05) is 65.6 Å². The second-order valence-corrected chi connectivity index (χ2v) is 16.7. The fourth-order valence-corrected chi connectivity index (χ4v) is 8.27.